The summed E-state index contributed by atoms with van der Waals surface area (Å²) >= 11 is 6.00. The molecule has 0 saturated heterocycles. The van der Waals surface area contributed by atoms with Crippen LogP contribution in [-0.4, -0.2) is 20.9 Å². The standard InChI is InChI=1S/C21H19ClN2O4S/c1-15-6-2-5-9-20(15)28-14-21(25)23-16-10-12-17(13-11-16)29(26,27)24-19-8-4-3-7-18(19)22/h2-13,24H,14H2,1H3,(H,23,25). The van der Waals surface area contributed by atoms with Gasteiger partial charge < -0.3 is 10.1 Å². The Bertz CT molecular complexity index is 1120. The molecule has 0 aromatic heterocycles. The first kappa shape index (κ1) is 20.7. The van der Waals surface area contributed by atoms with Crippen LogP contribution in [-0.2, 0) is 14.8 Å². The van der Waals surface area contributed by atoms with Crippen LogP contribution in [0.5, 0.6) is 5.75 Å². The van der Waals surface area contributed by atoms with Gasteiger partial charge in [0.2, 0.25) is 0 Å². The van der Waals surface area contributed by atoms with E-state index in [-0.39, 0.29) is 17.4 Å². The van der Waals surface area contributed by atoms with Crippen molar-refractivity contribution in [3.05, 3.63) is 83.4 Å². The largest absolute Gasteiger partial charge is 0.483 e. The number of hydrogen-bond donors (Lipinski definition) is 2. The molecule has 0 atom stereocenters. The van der Waals surface area contributed by atoms with Gasteiger partial charge in [0.25, 0.3) is 15.9 Å². The van der Waals surface area contributed by atoms with Crippen molar-refractivity contribution in [2.45, 2.75) is 11.8 Å². The van der Waals surface area contributed by atoms with Crippen LogP contribution < -0.4 is 14.8 Å². The van der Waals surface area contributed by atoms with Crippen molar-refractivity contribution >= 4 is 38.9 Å². The maximum absolute atomic E-state index is 12.5. The third-order valence-corrected chi connectivity index (χ3v) is 5.73. The van der Waals surface area contributed by atoms with Gasteiger partial charge in [-0.2, -0.15) is 0 Å². The van der Waals surface area contributed by atoms with E-state index >= 15 is 0 Å². The number of carbonyl (C=O) groups is 1. The van der Waals surface area contributed by atoms with Crippen LogP contribution in [0.25, 0.3) is 0 Å². The minimum absolute atomic E-state index is 0.0478. The van der Waals surface area contributed by atoms with E-state index in [4.69, 9.17) is 16.3 Å². The minimum atomic E-state index is -3.80. The second-order valence-electron chi connectivity index (χ2n) is 6.21. The molecule has 6 nitrogen and oxygen atoms in total. The number of ether oxygens (including phenoxy) is 1. The number of aryl methyl sites for hydroxylation is 1. The number of nitrogens with one attached hydrogen (secondary N) is 2. The number of rotatable bonds is 7. The topological polar surface area (TPSA) is 84.5 Å². The van der Waals surface area contributed by atoms with Crippen molar-refractivity contribution in [1.82, 2.24) is 0 Å². The van der Waals surface area contributed by atoms with Crippen LogP contribution in [0.15, 0.2) is 77.7 Å². The van der Waals surface area contributed by atoms with Gasteiger partial charge in [0.05, 0.1) is 15.6 Å². The third-order valence-electron chi connectivity index (χ3n) is 4.02. The van der Waals surface area contributed by atoms with E-state index < -0.39 is 10.0 Å². The molecule has 29 heavy (non-hydrogen) atoms. The Hall–Kier alpha value is -3.03. The van der Waals surface area contributed by atoms with E-state index in [2.05, 4.69) is 10.0 Å². The summed E-state index contributed by atoms with van der Waals surface area (Å²) in [7, 11) is -3.80. The second-order valence-corrected chi connectivity index (χ2v) is 8.30. The molecule has 0 aliphatic carbocycles. The van der Waals surface area contributed by atoms with E-state index in [0.29, 0.717) is 22.1 Å². The fraction of sp³-hybridized carbons (Fsp3) is 0.0952. The van der Waals surface area contributed by atoms with Crippen molar-refractivity contribution < 1.29 is 17.9 Å². The Balaban J connectivity index is 1.61. The summed E-state index contributed by atoms with van der Waals surface area (Å²) in [4.78, 5) is 12.1. The van der Waals surface area contributed by atoms with Gasteiger partial charge in [-0.1, -0.05) is 41.9 Å². The molecule has 1 amide bonds. The maximum Gasteiger partial charge on any atom is 0.262 e. The number of sulfonamides is 1. The first-order chi connectivity index (χ1) is 13.8. The summed E-state index contributed by atoms with van der Waals surface area (Å²) in [5, 5.41) is 2.97. The van der Waals surface area contributed by atoms with Gasteiger partial charge in [0.1, 0.15) is 5.75 Å². The number of benzene rings is 3. The molecule has 2 N–H and O–H groups in total. The molecular weight excluding hydrogens is 412 g/mol. The summed E-state index contributed by atoms with van der Waals surface area (Å²) in [5.74, 6) is 0.285. The van der Waals surface area contributed by atoms with Gasteiger partial charge in [-0.25, -0.2) is 8.42 Å². The third kappa shape index (κ3) is 5.49. The molecular formula is C21H19ClN2O4S. The normalized spacial score (nSPS) is 11.0. The Morgan fingerprint density at radius 2 is 1.62 bits per heavy atom. The summed E-state index contributed by atoms with van der Waals surface area (Å²) in [6.45, 7) is 1.74. The fourth-order valence-corrected chi connectivity index (χ4v) is 3.84. The number of hydrogen-bond acceptors (Lipinski definition) is 4. The van der Waals surface area contributed by atoms with Gasteiger partial charge in [-0.05, 0) is 55.0 Å². The Morgan fingerprint density at radius 1 is 0.966 bits per heavy atom. The average molecular weight is 431 g/mol. The van der Waals surface area contributed by atoms with Crippen molar-refractivity contribution in [2.24, 2.45) is 0 Å². The molecule has 0 radical (unpaired) electrons. The number of anilines is 2. The molecule has 0 fully saturated rings. The van der Waals surface area contributed by atoms with Crippen LogP contribution in [0.3, 0.4) is 0 Å². The molecule has 0 bridgehead atoms. The Labute approximate surface area is 174 Å². The molecule has 8 heteroatoms. The summed E-state index contributed by atoms with van der Waals surface area (Å²) in [5.41, 5.74) is 1.68. The first-order valence-corrected chi connectivity index (χ1v) is 10.6. The molecule has 0 aliphatic heterocycles. The number of para-hydroxylation sites is 2. The lowest BCUT2D eigenvalue weighted by Crippen LogP contribution is -2.20. The van der Waals surface area contributed by atoms with Crippen LogP contribution in [0.4, 0.5) is 11.4 Å². The van der Waals surface area contributed by atoms with Gasteiger partial charge in [0.15, 0.2) is 6.61 Å². The Kier molecular flexibility index (Phi) is 6.41. The molecule has 0 spiro atoms. The van der Waals surface area contributed by atoms with Gasteiger partial charge in [0, 0.05) is 5.69 Å². The molecule has 0 heterocycles. The van der Waals surface area contributed by atoms with Crippen LogP contribution in [0, 0.1) is 6.92 Å². The molecule has 3 aromatic carbocycles. The monoisotopic (exact) mass is 430 g/mol. The lowest BCUT2D eigenvalue weighted by Gasteiger charge is -2.11. The zero-order chi connectivity index (χ0) is 20.9. The minimum Gasteiger partial charge on any atom is -0.483 e. The molecule has 0 saturated carbocycles. The van der Waals surface area contributed by atoms with E-state index in [1.54, 1.807) is 30.3 Å². The summed E-state index contributed by atoms with van der Waals surface area (Å²) < 4.78 is 32.9. The van der Waals surface area contributed by atoms with E-state index in [9.17, 15) is 13.2 Å². The average Bonchev–Trinajstić information content (AvgIpc) is 2.69. The number of amides is 1. The maximum atomic E-state index is 12.5. The molecule has 3 aromatic rings. The van der Waals surface area contributed by atoms with Crippen LogP contribution >= 0.6 is 11.6 Å². The summed E-state index contributed by atoms with van der Waals surface area (Å²) in [6.07, 6.45) is 0. The predicted molar refractivity (Wildman–Crippen MR) is 114 cm³/mol. The highest BCUT2D eigenvalue weighted by atomic mass is 35.5. The zero-order valence-electron chi connectivity index (χ0n) is 15.6. The van der Waals surface area contributed by atoms with Crippen LogP contribution in [0.1, 0.15) is 5.56 Å². The van der Waals surface area contributed by atoms with Gasteiger partial charge >= 0.3 is 0 Å². The molecule has 0 aliphatic rings. The zero-order valence-corrected chi connectivity index (χ0v) is 17.1. The van der Waals surface area contributed by atoms with Gasteiger partial charge in [-0.15, -0.1) is 0 Å². The van der Waals surface area contributed by atoms with Crippen LogP contribution in [0.2, 0.25) is 5.02 Å². The van der Waals surface area contributed by atoms with E-state index in [0.717, 1.165) is 5.56 Å². The highest BCUT2D eigenvalue weighted by Crippen LogP contribution is 2.24. The first-order valence-electron chi connectivity index (χ1n) is 8.71. The highest BCUT2D eigenvalue weighted by molar-refractivity contribution is 7.92. The van der Waals surface area contributed by atoms with Crippen molar-refractivity contribution in [2.75, 3.05) is 16.6 Å². The Morgan fingerprint density at radius 3 is 2.31 bits per heavy atom. The predicted octanol–water partition coefficient (Wildman–Crippen LogP) is 4.47. The fourth-order valence-electron chi connectivity index (χ4n) is 2.52. The smallest absolute Gasteiger partial charge is 0.262 e. The highest BCUT2D eigenvalue weighted by Gasteiger charge is 2.16. The molecule has 0 unspecified atom stereocenters. The molecule has 3 rings (SSSR count). The van der Waals surface area contributed by atoms with E-state index in [1.807, 2.05) is 25.1 Å². The summed E-state index contributed by atoms with van der Waals surface area (Å²) in [6, 6.07) is 19.8. The van der Waals surface area contributed by atoms with Crippen molar-refractivity contribution in [3.63, 3.8) is 0 Å². The van der Waals surface area contributed by atoms with Crippen molar-refractivity contribution in [3.8, 4) is 5.75 Å². The molecule has 150 valence electrons. The van der Waals surface area contributed by atoms with Gasteiger partial charge in [-0.3, -0.25) is 9.52 Å². The lowest BCUT2D eigenvalue weighted by atomic mass is 10.2. The number of carbonyl (C=O) groups excluding carboxylic acids is 1. The number of halogens is 1. The SMILES string of the molecule is Cc1ccccc1OCC(=O)Nc1ccc(S(=O)(=O)Nc2ccccc2Cl)cc1. The quantitative estimate of drug-likeness (QED) is 0.579. The lowest BCUT2D eigenvalue weighted by molar-refractivity contribution is -0.118. The van der Waals surface area contributed by atoms with Crippen molar-refractivity contribution in [1.29, 1.82) is 0 Å². The second kappa shape index (κ2) is 8.98. The van der Waals surface area contributed by atoms with E-state index in [1.165, 1.54) is 24.3 Å².